The van der Waals surface area contributed by atoms with Crippen LogP contribution in [0.1, 0.15) is 12.2 Å². The van der Waals surface area contributed by atoms with Crippen molar-refractivity contribution in [2.75, 3.05) is 18.9 Å². The fourth-order valence-corrected chi connectivity index (χ4v) is 3.00. The summed E-state index contributed by atoms with van der Waals surface area (Å²) >= 11 is 0. The molecule has 0 unspecified atom stereocenters. The number of hydrogen-bond donors (Lipinski definition) is 3. The molecule has 2 heterocycles. The summed E-state index contributed by atoms with van der Waals surface area (Å²) in [6.07, 6.45) is 7.66. The molecule has 0 radical (unpaired) electrons. The van der Waals surface area contributed by atoms with E-state index in [1.54, 1.807) is 31.7 Å². The summed E-state index contributed by atoms with van der Waals surface area (Å²) in [4.78, 5) is 11.1. The third-order valence-corrected chi connectivity index (χ3v) is 4.27. The first kappa shape index (κ1) is 14.5. The molecule has 3 N–H and O–H groups in total. The molecule has 0 spiro atoms. The lowest BCUT2D eigenvalue weighted by atomic mass is 10.3. The normalized spacial score (nSPS) is 11.4. The summed E-state index contributed by atoms with van der Waals surface area (Å²) in [6, 6.07) is 1.62. The van der Waals surface area contributed by atoms with Crippen molar-refractivity contribution in [1.29, 1.82) is 0 Å². The van der Waals surface area contributed by atoms with Crippen molar-refractivity contribution in [3.63, 3.8) is 0 Å². The van der Waals surface area contributed by atoms with Crippen LogP contribution >= 0.6 is 0 Å². The molecule has 7 nitrogen and oxygen atoms in total. The monoisotopic (exact) mass is 295 g/mol. The van der Waals surface area contributed by atoms with Crippen molar-refractivity contribution >= 4 is 15.7 Å². The maximum atomic E-state index is 12.2. The van der Waals surface area contributed by atoms with Gasteiger partial charge in [-0.25, -0.2) is 18.1 Å². The molecular weight excluding hydrogens is 278 g/mol. The number of hydrogen-bond acceptors (Lipinski definition) is 5. The minimum atomic E-state index is -3.55. The molecule has 0 aliphatic carbocycles. The van der Waals surface area contributed by atoms with Gasteiger partial charge in [0.2, 0.25) is 10.0 Å². The highest BCUT2D eigenvalue weighted by Gasteiger charge is 2.17. The molecule has 108 valence electrons. The first-order valence-electron chi connectivity index (χ1n) is 6.23. The highest BCUT2D eigenvalue weighted by Crippen LogP contribution is 2.18. The molecule has 0 saturated heterocycles. The van der Waals surface area contributed by atoms with Gasteiger partial charge in [0.1, 0.15) is 10.7 Å². The van der Waals surface area contributed by atoms with Crippen molar-refractivity contribution in [3.05, 3.63) is 36.7 Å². The van der Waals surface area contributed by atoms with Crippen molar-refractivity contribution in [2.24, 2.45) is 0 Å². The van der Waals surface area contributed by atoms with Gasteiger partial charge in [0, 0.05) is 44.8 Å². The Bertz CT molecular complexity index is 640. The van der Waals surface area contributed by atoms with Gasteiger partial charge in [-0.1, -0.05) is 0 Å². The maximum Gasteiger partial charge on any atom is 0.244 e. The largest absolute Gasteiger partial charge is 0.387 e. The summed E-state index contributed by atoms with van der Waals surface area (Å²) in [6.45, 7) is 0.348. The van der Waals surface area contributed by atoms with E-state index in [0.29, 0.717) is 25.1 Å². The number of sulfonamides is 1. The highest BCUT2D eigenvalue weighted by molar-refractivity contribution is 7.89. The van der Waals surface area contributed by atoms with Gasteiger partial charge in [0.25, 0.3) is 0 Å². The Kier molecular flexibility index (Phi) is 4.70. The van der Waals surface area contributed by atoms with E-state index in [1.165, 1.54) is 6.20 Å². The van der Waals surface area contributed by atoms with Gasteiger partial charge >= 0.3 is 0 Å². The molecule has 0 atom stereocenters. The Morgan fingerprint density at radius 1 is 1.35 bits per heavy atom. The Labute approximate surface area is 117 Å². The lowest BCUT2D eigenvalue weighted by molar-refractivity contribution is 0.578. The predicted molar refractivity (Wildman–Crippen MR) is 75.9 cm³/mol. The maximum absolute atomic E-state index is 12.2. The first-order chi connectivity index (χ1) is 9.63. The molecule has 0 aromatic carbocycles. The van der Waals surface area contributed by atoms with E-state index >= 15 is 0 Å². The second-order valence-electron chi connectivity index (χ2n) is 4.16. The van der Waals surface area contributed by atoms with Gasteiger partial charge in [-0.3, -0.25) is 4.98 Å². The number of nitrogens with one attached hydrogen (secondary N) is 3. The number of imidazole rings is 1. The minimum absolute atomic E-state index is 0.153. The summed E-state index contributed by atoms with van der Waals surface area (Å²) < 4.78 is 26.9. The number of aromatic amines is 1. The van der Waals surface area contributed by atoms with E-state index in [1.807, 2.05) is 0 Å². The number of aryl methyl sites for hydroxylation is 1. The molecule has 8 heteroatoms. The molecule has 0 saturated carbocycles. The van der Waals surface area contributed by atoms with Gasteiger partial charge in [-0.05, 0) is 12.5 Å². The van der Waals surface area contributed by atoms with E-state index in [9.17, 15) is 8.42 Å². The van der Waals surface area contributed by atoms with E-state index in [-0.39, 0.29) is 4.90 Å². The van der Waals surface area contributed by atoms with E-state index < -0.39 is 10.0 Å². The highest BCUT2D eigenvalue weighted by atomic mass is 32.2. The van der Waals surface area contributed by atoms with Crippen molar-refractivity contribution in [1.82, 2.24) is 19.7 Å². The molecule has 0 aliphatic rings. The van der Waals surface area contributed by atoms with Crippen LogP contribution in [0.2, 0.25) is 0 Å². The lowest BCUT2D eigenvalue weighted by Crippen LogP contribution is -2.26. The molecule has 2 aromatic rings. The van der Waals surface area contributed by atoms with Gasteiger partial charge in [-0.2, -0.15) is 0 Å². The zero-order valence-electron chi connectivity index (χ0n) is 11.1. The van der Waals surface area contributed by atoms with Crippen LogP contribution in [0.5, 0.6) is 0 Å². The Hall–Kier alpha value is -1.93. The number of anilines is 1. The quantitative estimate of drug-likeness (QED) is 0.655. The second-order valence-corrected chi connectivity index (χ2v) is 5.89. The fraction of sp³-hybridized carbons (Fsp3) is 0.333. The van der Waals surface area contributed by atoms with Crippen LogP contribution in [0.25, 0.3) is 0 Å². The molecule has 0 bridgehead atoms. The minimum Gasteiger partial charge on any atom is -0.387 e. The van der Waals surface area contributed by atoms with Crippen LogP contribution in [0.3, 0.4) is 0 Å². The number of pyridine rings is 1. The van der Waals surface area contributed by atoms with Crippen LogP contribution in [-0.4, -0.2) is 37.0 Å². The van der Waals surface area contributed by atoms with Crippen LogP contribution in [0.4, 0.5) is 5.69 Å². The Balaban J connectivity index is 1.94. The summed E-state index contributed by atoms with van der Waals surface area (Å²) in [5, 5.41) is 2.84. The van der Waals surface area contributed by atoms with Gasteiger partial charge in [0.15, 0.2) is 0 Å². The third kappa shape index (κ3) is 3.55. The van der Waals surface area contributed by atoms with Crippen LogP contribution in [-0.2, 0) is 16.4 Å². The van der Waals surface area contributed by atoms with Crippen molar-refractivity contribution < 1.29 is 8.42 Å². The fourth-order valence-electron chi connectivity index (χ4n) is 1.78. The van der Waals surface area contributed by atoms with Crippen molar-refractivity contribution in [2.45, 2.75) is 17.7 Å². The Morgan fingerprint density at radius 3 is 2.90 bits per heavy atom. The summed E-state index contributed by atoms with van der Waals surface area (Å²) in [5.74, 6) is 0.849. The van der Waals surface area contributed by atoms with Gasteiger partial charge in [-0.15, -0.1) is 0 Å². The predicted octanol–water partition coefficient (Wildman–Crippen LogP) is 0.757. The lowest BCUT2D eigenvalue weighted by Gasteiger charge is -2.10. The topological polar surface area (TPSA) is 99.8 Å². The molecule has 2 aromatic heterocycles. The number of aromatic nitrogens is 3. The average molecular weight is 295 g/mol. The molecule has 0 fully saturated rings. The second kappa shape index (κ2) is 6.49. The molecule has 0 aliphatic heterocycles. The smallest absolute Gasteiger partial charge is 0.244 e. The molecule has 2 rings (SSSR count). The van der Waals surface area contributed by atoms with Crippen LogP contribution in [0.15, 0.2) is 35.7 Å². The summed E-state index contributed by atoms with van der Waals surface area (Å²) in [7, 11) is -1.88. The van der Waals surface area contributed by atoms with E-state index in [4.69, 9.17) is 0 Å². The molecule has 20 heavy (non-hydrogen) atoms. The Morgan fingerprint density at radius 2 is 2.20 bits per heavy atom. The SMILES string of the molecule is CNc1ccncc1S(=O)(=O)NCCCc1ncc[nH]1. The average Bonchev–Trinajstić information content (AvgIpc) is 2.97. The van der Waals surface area contributed by atoms with Crippen molar-refractivity contribution in [3.8, 4) is 0 Å². The zero-order valence-corrected chi connectivity index (χ0v) is 11.9. The van der Waals surface area contributed by atoms with Crippen LogP contribution in [0, 0.1) is 0 Å². The number of H-pyrrole nitrogens is 1. The van der Waals surface area contributed by atoms with E-state index in [2.05, 4.69) is 25.0 Å². The number of nitrogens with zero attached hydrogens (tertiary/aromatic N) is 2. The number of rotatable bonds is 7. The standard InChI is InChI=1S/C12H17N5O2S/c1-13-10-4-6-14-9-11(10)20(18,19)17-5-2-3-12-15-7-8-16-12/h4,6-9,17H,2-3,5H2,1H3,(H,13,14)(H,15,16). The van der Waals surface area contributed by atoms with Gasteiger partial charge < -0.3 is 10.3 Å². The molecule has 0 amide bonds. The van der Waals surface area contributed by atoms with Crippen LogP contribution < -0.4 is 10.0 Å². The third-order valence-electron chi connectivity index (χ3n) is 2.78. The summed E-state index contributed by atoms with van der Waals surface area (Å²) in [5.41, 5.74) is 0.526. The van der Waals surface area contributed by atoms with Gasteiger partial charge in [0.05, 0.1) is 5.69 Å². The van der Waals surface area contributed by atoms with E-state index in [0.717, 1.165) is 5.82 Å². The molecular formula is C12H17N5O2S. The first-order valence-corrected chi connectivity index (χ1v) is 7.71. The zero-order chi connectivity index (χ0) is 14.4.